The van der Waals surface area contributed by atoms with E-state index in [-0.39, 0.29) is 11.8 Å². The lowest BCUT2D eigenvalue weighted by Crippen LogP contribution is -2.34. The molecule has 1 aromatic carbocycles. The fraction of sp³-hybridized carbons (Fsp3) is 0.571. The van der Waals surface area contributed by atoms with Crippen molar-refractivity contribution in [3.8, 4) is 5.75 Å². The zero-order valence-corrected chi connectivity index (χ0v) is 11.9. The first kappa shape index (κ1) is 17.7. The van der Waals surface area contributed by atoms with Crippen molar-refractivity contribution >= 4 is 0 Å². The normalized spacial score (nSPS) is 14.8. The number of aliphatic hydroxyl groups is 1. The molecule has 0 heterocycles. The van der Waals surface area contributed by atoms with Crippen LogP contribution in [0.1, 0.15) is 31.9 Å². The molecule has 0 saturated heterocycles. The van der Waals surface area contributed by atoms with Gasteiger partial charge in [-0.3, -0.25) is 0 Å². The SMILES string of the molecule is CCCNC(C)c1ccc(F)cc1OCC(O)C(F)(F)F. The van der Waals surface area contributed by atoms with Crippen molar-refractivity contribution in [2.75, 3.05) is 13.2 Å². The zero-order chi connectivity index (χ0) is 16.0. The molecule has 0 saturated carbocycles. The van der Waals surface area contributed by atoms with E-state index in [4.69, 9.17) is 9.84 Å². The molecule has 1 aromatic rings. The number of ether oxygens (including phenoxy) is 1. The molecule has 2 atom stereocenters. The van der Waals surface area contributed by atoms with Gasteiger partial charge < -0.3 is 15.2 Å². The van der Waals surface area contributed by atoms with Gasteiger partial charge in [0.05, 0.1) is 0 Å². The second-order valence-electron chi connectivity index (χ2n) is 4.73. The van der Waals surface area contributed by atoms with Crippen molar-refractivity contribution in [1.29, 1.82) is 0 Å². The molecule has 120 valence electrons. The number of hydrogen-bond donors (Lipinski definition) is 2. The van der Waals surface area contributed by atoms with Crippen molar-refractivity contribution in [1.82, 2.24) is 5.32 Å². The quantitative estimate of drug-likeness (QED) is 0.760. The van der Waals surface area contributed by atoms with E-state index in [2.05, 4.69) is 5.32 Å². The first-order valence-corrected chi connectivity index (χ1v) is 6.66. The summed E-state index contributed by atoms with van der Waals surface area (Å²) >= 11 is 0. The number of benzene rings is 1. The van der Waals surface area contributed by atoms with Gasteiger partial charge in [-0.25, -0.2) is 4.39 Å². The molecule has 0 radical (unpaired) electrons. The summed E-state index contributed by atoms with van der Waals surface area (Å²) in [6.45, 7) is 3.51. The lowest BCUT2D eigenvalue weighted by Gasteiger charge is -2.20. The smallest absolute Gasteiger partial charge is 0.417 e. The minimum Gasteiger partial charge on any atom is -0.490 e. The van der Waals surface area contributed by atoms with Crippen molar-refractivity contribution in [3.05, 3.63) is 29.6 Å². The molecule has 0 bridgehead atoms. The molecule has 3 nitrogen and oxygen atoms in total. The molecule has 0 fully saturated rings. The van der Waals surface area contributed by atoms with Gasteiger partial charge in [0.25, 0.3) is 0 Å². The van der Waals surface area contributed by atoms with Gasteiger partial charge in [0.1, 0.15) is 18.2 Å². The van der Waals surface area contributed by atoms with Gasteiger partial charge in [-0.05, 0) is 26.0 Å². The maximum absolute atomic E-state index is 13.2. The van der Waals surface area contributed by atoms with Gasteiger partial charge >= 0.3 is 6.18 Å². The van der Waals surface area contributed by atoms with Crippen molar-refractivity contribution < 1.29 is 27.4 Å². The molecule has 0 aromatic heterocycles. The van der Waals surface area contributed by atoms with E-state index in [1.54, 1.807) is 6.92 Å². The van der Waals surface area contributed by atoms with Gasteiger partial charge in [0.2, 0.25) is 0 Å². The lowest BCUT2D eigenvalue weighted by atomic mass is 10.1. The van der Waals surface area contributed by atoms with Gasteiger partial charge in [-0.2, -0.15) is 13.2 Å². The van der Waals surface area contributed by atoms with Crippen LogP contribution >= 0.6 is 0 Å². The van der Waals surface area contributed by atoms with Crippen LogP contribution in [0.15, 0.2) is 18.2 Å². The van der Waals surface area contributed by atoms with E-state index in [0.29, 0.717) is 12.1 Å². The standard InChI is InChI=1S/C14H19F4NO2/c1-3-6-19-9(2)11-5-4-10(15)7-12(11)21-8-13(20)14(16,17)18/h4-5,7,9,13,19-20H,3,6,8H2,1-2H3. The summed E-state index contributed by atoms with van der Waals surface area (Å²) in [5, 5.41) is 12.1. The van der Waals surface area contributed by atoms with E-state index in [9.17, 15) is 17.6 Å². The highest BCUT2D eigenvalue weighted by atomic mass is 19.4. The van der Waals surface area contributed by atoms with Crippen molar-refractivity contribution in [3.63, 3.8) is 0 Å². The van der Waals surface area contributed by atoms with E-state index in [1.807, 2.05) is 6.92 Å². The highest BCUT2D eigenvalue weighted by molar-refractivity contribution is 5.36. The third-order valence-corrected chi connectivity index (χ3v) is 2.92. The monoisotopic (exact) mass is 309 g/mol. The van der Waals surface area contributed by atoms with E-state index < -0.39 is 24.7 Å². The fourth-order valence-electron chi connectivity index (χ4n) is 1.72. The average molecular weight is 309 g/mol. The minimum absolute atomic E-state index is 0.00518. The van der Waals surface area contributed by atoms with Crippen LogP contribution in [0, 0.1) is 5.82 Å². The van der Waals surface area contributed by atoms with Crippen LogP contribution in [0.5, 0.6) is 5.75 Å². The molecule has 1 rings (SSSR count). The topological polar surface area (TPSA) is 41.5 Å². The van der Waals surface area contributed by atoms with E-state index in [0.717, 1.165) is 12.5 Å². The number of halogens is 4. The number of nitrogens with one attached hydrogen (secondary N) is 1. The number of hydrogen-bond acceptors (Lipinski definition) is 3. The minimum atomic E-state index is -4.76. The molecular weight excluding hydrogens is 290 g/mol. The maximum atomic E-state index is 13.2. The van der Waals surface area contributed by atoms with Crippen LogP contribution in [0.3, 0.4) is 0 Å². The Kier molecular flexibility index (Phi) is 6.42. The predicted molar refractivity (Wildman–Crippen MR) is 70.7 cm³/mol. The fourth-order valence-corrected chi connectivity index (χ4v) is 1.72. The molecule has 0 spiro atoms. The average Bonchev–Trinajstić information content (AvgIpc) is 2.41. The molecule has 7 heteroatoms. The Hall–Kier alpha value is -1.34. The zero-order valence-electron chi connectivity index (χ0n) is 11.9. The first-order valence-electron chi connectivity index (χ1n) is 6.66. The van der Waals surface area contributed by atoms with Gasteiger partial charge in [0.15, 0.2) is 6.10 Å². The van der Waals surface area contributed by atoms with Crippen LogP contribution in [-0.4, -0.2) is 30.5 Å². The molecular formula is C14H19F4NO2. The van der Waals surface area contributed by atoms with Gasteiger partial charge in [0, 0.05) is 17.7 Å². The van der Waals surface area contributed by atoms with Gasteiger partial charge in [-0.1, -0.05) is 13.0 Å². The van der Waals surface area contributed by atoms with Crippen LogP contribution < -0.4 is 10.1 Å². The maximum Gasteiger partial charge on any atom is 0.417 e. The highest BCUT2D eigenvalue weighted by Crippen LogP contribution is 2.28. The van der Waals surface area contributed by atoms with E-state index >= 15 is 0 Å². The van der Waals surface area contributed by atoms with Crippen LogP contribution in [0.4, 0.5) is 17.6 Å². The number of alkyl halides is 3. The third-order valence-electron chi connectivity index (χ3n) is 2.92. The summed E-state index contributed by atoms with van der Waals surface area (Å²) in [6, 6.07) is 3.48. The molecule has 0 aliphatic carbocycles. The highest BCUT2D eigenvalue weighted by Gasteiger charge is 2.38. The Labute approximate surface area is 120 Å². The number of aliphatic hydroxyl groups excluding tert-OH is 1. The van der Waals surface area contributed by atoms with Crippen LogP contribution in [0.2, 0.25) is 0 Å². The largest absolute Gasteiger partial charge is 0.490 e. The van der Waals surface area contributed by atoms with Crippen molar-refractivity contribution in [2.45, 2.75) is 38.6 Å². The number of rotatable bonds is 7. The van der Waals surface area contributed by atoms with Gasteiger partial charge in [-0.15, -0.1) is 0 Å². The van der Waals surface area contributed by atoms with Crippen LogP contribution in [0.25, 0.3) is 0 Å². The summed E-state index contributed by atoms with van der Waals surface area (Å²) in [6.07, 6.45) is -6.49. The first-order chi connectivity index (χ1) is 9.75. The molecule has 0 aliphatic rings. The second kappa shape index (κ2) is 7.61. The summed E-state index contributed by atoms with van der Waals surface area (Å²) < 4.78 is 54.9. The Morgan fingerprint density at radius 3 is 2.57 bits per heavy atom. The Morgan fingerprint density at radius 1 is 1.33 bits per heavy atom. The van der Waals surface area contributed by atoms with E-state index in [1.165, 1.54) is 12.1 Å². The van der Waals surface area contributed by atoms with Crippen LogP contribution in [-0.2, 0) is 0 Å². The Morgan fingerprint density at radius 2 is 2.00 bits per heavy atom. The molecule has 0 aliphatic heterocycles. The van der Waals surface area contributed by atoms with Crippen molar-refractivity contribution in [2.24, 2.45) is 0 Å². The third kappa shape index (κ3) is 5.51. The summed E-state index contributed by atoms with van der Waals surface area (Å²) in [5.74, 6) is -0.618. The Balaban J connectivity index is 2.82. The summed E-state index contributed by atoms with van der Waals surface area (Å²) in [5.41, 5.74) is 0.541. The molecule has 21 heavy (non-hydrogen) atoms. The molecule has 2 N–H and O–H groups in total. The summed E-state index contributed by atoms with van der Waals surface area (Å²) in [4.78, 5) is 0. The predicted octanol–water partition coefficient (Wildman–Crippen LogP) is 3.19. The summed E-state index contributed by atoms with van der Waals surface area (Å²) in [7, 11) is 0. The molecule has 0 amide bonds. The lowest BCUT2D eigenvalue weighted by molar-refractivity contribution is -0.210. The second-order valence-corrected chi connectivity index (χ2v) is 4.73. The Bertz CT molecular complexity index is 451. The molecule has 2 unspecified atom stereocenters.